The highest BCUT2D eigenvalue weighted by Crippen LogP contribution is 2.30. The van der Waals surface area contributed by atoms with Crippen LogP contribution in [0.5, 0.6) is 0 Å². The first-order chi connectivity index (χ1) is 17.0. The summed E-state index contributed by atoms with van der Waals surface area (Å²) < 4.78 is 0. The second-order valence-corrected chi connectivity index (χ2v) is 10.3. The molecule has 1 saturated heterocycles. The summed E-state index contributed by atoms with van der Waals surface area (Å²) in [6.07, 6.45) is 9.02. The van der Waals surface area contributed by atoms with Crippen LogP contribution in [0.3, 0.4) is 0 Å². The minimum absolute atomic E-state index is 0.198. The van der Waals surface area contributed by atoms with E-state index in [1.807, 2.05) is 24.3 Å². The normalized spacial score (nSPS) is 19.5. The van der Waals surface area contributed by atoms with Crippen LogP contribution < -0.4 is 10.6 Å². The van der Waals surface area contributed by atoms with Gasteiger partial charge in [0.05, 0.1) is 0 Å². The van der Waals surface area contributed by atoms with Crippen molar-refractivity contribution < 1.29 is 14.4 Å². The van der Waals surface area contributed by atoms with E-state index in [0.29, 0.717) is 40.8 Å². The summed E-state index contributed by atoms with van der Waals surface area (Å²) in [5, 5.41) is 9.14. The van der Waals surface area contributed by atoms with Crippen LogP contribution in [-0.4, -0.2) is 64.4 Å². The fourth-order valence-corrected chi connectivity index (χ4v) is 5.90. The Morgan fingerprint density at radius 2 is 1.37 bits per heavy atom. The Kier molecular flexibility index (Phi) is 7.00. The van der Waals surface area contributed by atoms with Gasteiger partial charge in [-0.1, -0.05) is 49.9 Å². The number of nitrogens with zero attached hydrogens (tertiary/aromatic N) is 2. The molecule has 7 nitrogen and oxygen atoms in total. The van der Waals surface area contributed by atoms with Gasteiger partial charge in [-0.3, -0.25) is 19.3 Å². The van der Waals surface area contributed by atoms with E-state index >= 15 is 0 Å². The first-order valence-electron chi connectivity index (χ1n) is 12.7. The molecule has 2 heterocycles. The quantitative estimate of drug-likeness (QED) is 0.386. The molecule has 0 spiro atoms. The van der Waals surface area contributed by atoms with E-state index in [0.717, 1.165) is 23.1 Å². The van der Waals surface area contributed by atoms with E-state index in [1.165, 1.54) is 38.5 Å². The van der Waals surface area contributed by atoms with E-state index in [4.69, 9.17) is 12.2 Å². The van der Waals surface area contributed by atoms with Gasteiger partial charge in [0.15, 0.2) is 5.11 Å². The van der Waals surface area contributed by atoms with Crippen LogP contribution in [0, 0.1) is 0 Å². The Balaban J connectivity index is 1.15. The van der Waals surface area contributed by atoms with Crippen LogP contribution in [0.25, 0.3) is 10.8 Å². The summed E-state index contributed by atoms with van der Waals surface area (Å²) in [6.45, 7) is 0.915. The number of rotatable bonds is 4. The maximum absolute atomic E-state index is 13.1. The van der Waals surface area contributed by atoms with Crippen molar-refractivity contribution in [2.45, 2.75) is 63.5 Å². The lowest BCUT2D eigenvalue weighted by atomic mass is 9.94. The Morgan fingerprint density at radius 1 is 0.829 bits per heavy atom. The number of hydrogen-bond acceptors (Lipinski definition) is 4. The van der Waals surface area contributed by atoms with Crippen molar-refractivity contribution in [1.29, 1.82) is 0 Å². The van der Waals surface area contributed by atoms with Crippen molar-refractivity contribution in [2.24, 2.45) is 0 Å². The molecule has 0 unspecified atom stereocenters. The number of nitrogens with one attached hydrogen (secondary N) is 2. The van der Waals surface area contributed by atoms with Gasteiger partial charge in [0.1, 0.15) is 6.54 Å². The second-order valence-electron chi connectivity index (χ2n) is 9.87. The first kappa shape index (κ1) is 23.7. The molecule has 5 rings (SSSR count). The first-order valence-corrected chi connectivity index (χ1v) is 13.1. The van der Waals surface area contributed by atoms with Crippen LogP contribution >= 0.6 is 12.2 Å². The average Bonchev–Trinajstić information content (AvgIpc) is 3.14. The monoisotopic (exact) mass is 492 g/mol. The average molecular weight is 493 g/mol. The standard InChI is InChI=1S/C27H32N4O3S/c32-23(17-31-25(33)21-11-5-7-18-8-6-12-22(24(18)21)26(31)34)30-15-13-20(14-16-30)29-27(35)28-19-9-3-1-2-4-10-19/h5-8,11-12,19-20H,1-4,9-10,13-17H2,(H2,28,29,35). The van der Waals surface area contributed by atoms with Crippen LogP contribution in [0.1, 0.15) is 72.1 Å². The van der Waals surface area contributed by atoms with Gasteiger partial charge in [-0.15, -0.1) is 0 Å². The van der Waals surface area contributed by atoms with Crippen molar-refractivity contribution in [3.8, 4) is 0 Å². The van der Waals surface area contributed by atoms with Gasteiger partial charge in [-0.2, -0.15) is 0 Å². The highest BCUT2D eigenvalue weighted by atomic mass is 32.1. The predicted octanol–water partition coefficient (Wildman–Crippen LogP) is 3.61. The molecule has 3 aliphatic rings. The van der Waals surface area contributed by atoms with Crippen LogP contribution in [-0.2, 0) is 4.79 Å². The Labute approximate surface area is 211 Å². The van der Waals surface area contributed by atoms with E-state index in [1.54, 1.807) is 17.0 Å². The van der Waals surface area contributed by atoms with Gasteiger partial charge in [0, 0.05) is 41.7 Å². The SMILES string of the molecule is O=C(CN1C(=O)c2cccc3cccc(c23)C1=O)N1CCC(NC(=S)NC2CCCCCC2)CC1. The molecule has 2 aromatic rings. The largest absolute Gasteiger partial charge is 0.360 e. The molecule has 0 radical (unpaired) electrons. The number of carbonyl (C=O) groups is 3. The molecule has 2 aromatic carbocycles. The number of benzene rings is 2. The van der Waals surface area contributed by atoms with Crippen molar-refractivity contribution in [2.75, 3.05) is 19.6 Å². The number of hydrogen-bond donors (Lipinski definition) is 2. The van der Waals surface area contributed by atoms with Crippen LogP contribution in [0.2, 0.25) is 0 Å². The number of carbonyl (C=O) groups excluding carboxylic acids is 3. The van der Waals surface area contributed by atoms with Gasteiger partial charge in [0.2, 0.25) is 5.91 Å². The molecule has 0 aromatic heterocycles. The van der Waals surface area contributed by atoms with Crippen molar-refractivity contribution in [1.82, 2.24) is 20.4 Å². The number of likely N-dealkylation sites (tertiary alicyclic amines) is 1. The highest BCUT2D eigenvalue weighted by Gasteiger charge is 2.35. The third kappa shape index (κ3) is 5.03. The molecule has 1 aliphatic carbocycles. The minimum atomic E-state index is -0.404. The molecule has 2 aliphatic heterocycles. The lowest BCUT2D eigenvalue weighted by Crippen LogP contribution is -2.53. The molecule has 8 heteroatoms. The van der Waals surface area contributed by atoms with Gasteiger partial charge in [0.25, 0.3) is 11.8 Å². The van der Waals surface area contributed by atoms with E-state index in [2.05, 4.69) is 10.6 Å². The predicted molar refractivity (Wildman–Crippen MR) is 139 cm³/mol. The Bertz CT molecular complexity index is 1100. The molecule has 2 fully saturated rings. The van der Waals surface area contributed by atoms with Crippen LogP contribution in [0.4, 0.5) is 0 Å². The third-order valence-corrected chi connectivity index (χ3v) is 7.76. The molecular formula is C27H32N4O3S. The number of imide groups is 1. The lowest BCUT2D eigenvalue weighted by Gasteiger charge is -2.35. The highest BCUT2D eigenvalue weighted by molar-refractivity contribution is 7.80. The Hall–Kier alpha value is -3.00. The number of amides is 3. The summed E-state index contributed by atoms with van der Waals surface area (Å²) in [7, 11) is 0. The summed E-state index contributed by atoms with van der Waals surface area (Å²) in [5.41, 5.74) is 0.950. The number of thiocarbonyl (C=S) groups is 1. The van der Waals surface area contributed by atoms with Gasteiger partial charge >= 0.3 is 0 Å². The molecule has 2 N–H and O–H groups in total. The van der Waals surface area contributed by atoms with Gasteiger partial charge in [-0.05, 0) is 55.4 Å². The maximum Gasteiger partial charge on any atom is 0.261 e. The van der Waals surface area contributed by atoms with Crippen molar-refractivity contribution >= 4 is 45.8 Å². The smallest absolute Gasteiger partial charge is 0.261 e. The molecule has 3 amide bonds. The summed E-state index contributed by atoms with van der Waals surface area (Å²) in [5.74, 6) is -1.01. The molecule has 1 saturated carbocycles. The summed E-state index contributed by atoms with van der Waals surface area (Å²) in [4.78, 5) is 42.1. The Morgan fingerprint density at radius 3 is 1.94 bits per heavy atom. The topological polar surface area (TPSA) is 81.8 Å². The summed E-state index contributed by atoms with van der Waals surface area (Å²) in [6, 6.07) is 11.5. The zero-order valence-corrected chi connectivity index (χ0v) is 20.7. The number of piperidine rings is 1. The minimum Gasteiger partial charge on any atom is -0.360 e. The van der Waals surface area contributed by atoms with Crippen LogP contribution in [0.15, 0.2) is 36.4 Å². The second kappa shape index (κ2) is 10.3. The molecule has 0 atom stereocenters. The van der Waals surface area contributed by atoms with E-state index < -0.39 is 11.8 Å². The van der Waals surface area contributed by atoms with Crippen molar-refractivity contribution in [3.63, 3.8) is 0 Å². The third-order valence-electron chi connectivity index (χ3n) is 7.52. The zero-order chi connectivity index (χ0) is 24.4. The molecule has 0 bridgehead atoms. The zero-order valence-electron chi connectivity index (χ0n) is 19.9. The molecule has 184 valence electrons. The fourth-order valence-electron chi connectivity index (χ4n) is 5.57. The van der Waals surface area contributed by atoms with Gasteiger partial charge < -0.3 is 15.5 Å². The fraction of sp³-hybridized carbons (Fsp3) is 0.481. The summed E-state index contributed by atoms with van der Waals surface area (Å²) >= 11 is 5.55. The molecular weight excluding hydrogens is 460 g/mol. The molecule has 35 heavy (non-hydrogen) atoms. The van der Waals surface area contributed by atoms with E-state index in [-0.39, 0.29) is 18.5 Å². The lowest BCUT2D eigenvalue weighted by molar-refractivity contribution is -0.132. The van der Waals surface area contributed by atoms with Crippen molar-refractivity contribution in [3.05, 3.63) is 47.5 Å². The maximum atomic E-state index is 13.1. The van der Waals surface area contributed by atoms with E-state index in [9.17, 15) is 14.4 Å². The van der Waals surface area contributed by atoms with Gasteiger partial charge in [-0.25, -0.2) is 0 Å².